The highest BCUT2D eigenvalue weighted by atomic mass is 32.1. The number of benzene rings is 2. The van der Waals surface area contributed by atoms with Crippen molar-refractivity contribution in [2.24, 2.45) is 0 Å². The first kappa shape index (κ1) is 21.4. The number of rotatable bonds is 8. The van der Waals surface area contributed by atoms with E-state index in [0.29, 0.717) is 18.0 Å². The first-order valence-corrected chi connectivity index (χ1v) is 9.93. The van der Waals surface area contributed by atoms with Gasteiger partial charge in [-0.15, -0.1) is 11.3 Å². The molecule has 0 aliphatic rings. The van der Waals surface area contributed by atoms with Gasteiger partial charge in [-0.1, -0.05) is 12.1 Å². The molecule has 0 spiro atoms. The minimum atomic E-state index is -0.619. The third-order valence-corrected chi connectivity index (χ3v) is 4.96. The summed E-state index contributed by atoms with van der Waals surface area (Å²) in [4.78, 5) is 30.2. The van der Waals surface area contributed by atoms with E-state index in [1.165, 1.54) is 47.4 Å². The molecule has 1 heterocycles. The second kappa shape index (κ2) is 9.93. The van der Waals surface area contributed by atoms with Gasteiger partial charge in [-0.3, -0.25) is 14.9 Å². The number of carbonyl (C=O) groups excluding carboxylic acids is 2. The highest BCUT2D eigenvalue weighted by Gasteiger charge is 2.15. The smallest absolute Gasteiger partial charge is 0.260 e. The molecule has 2 amide bonds. The number of nitrogens with one attached hydrogen (secondary N) is 1. The molecule has 0 saturated carbocycles. The van der Waals surface area contributed by atoms with Crippen LogP contribution in [0.15, 0.2) is 53.9 Å². The molecule has 3 rings (SSSR count). The summed E-state index contributed by atoms with van der Waals surface area (Å²) in [6, 6.07) is 11.3. The van der Waals surface area contributed by atoms with Gasteiger partial charge < -0.3 is 9.64 Å². The Morgan fingerprint density at radius 3 is 2.60 bits per heavy atom. The Kier molecular flexibility index (Phi) is 7.08. The molecule has 0 saturated heterocycles. The van der Waals surface area contributed by atoms with Crippen molar-refractivity contribution in [1.29, 1.82) is 0 Å². The Morgan fingerprint density at radius 2 is 1.87 bits per heavy atom. The number of likely N-dealkylation sites (N-methyl/N-ethyl adjacent to an activating group) is 1. The van der Waals surface area contributed by atoms with E-state index in [4.69, 9.17) is 4.74 Å². The average Bonchev–Trinajstić information content (AvgIpc) is 3.16. The predicted molar refractivity (Wildman–Crippen MR) is 110 cm³/mol. The Bertz CT molecular complexity index is 1020. The number of thiazole rings is 1. The van der Waals surface area contributed by atoms with Crippen LogP contribution in [0.1, 0.15) is 16.1 Å². The highest BCUT2D eigenvalue weighted by molar-refractivity contribution is 7.14. The topological polar surface area (TPSA) is 71.5 Å². The minimum Gasteiger partial charge on any atom is -0.492 e. The van der Waals surface area contributed by atoms with Gasteiger partial charge in [-0.05, 0) is 36.4 Å². The fourth-order valence-corrected chi connectivity index (χ4v) is 3.21. The van der Waals surface area contributed by atoms with Gasteiger partial charge in [0.05, 0.1) is 24.2 Å². The molecule has 0 aliphatic carbocycles. The van der Waals surface area contributed by atoms with Crippen LogP contribution in [0.2, 0.25) is 0 Å². The third kappa shape index (κ3) is 5.84. The van der Waals surface area contributed by atoms with Crippen molar-refractivity contribution in [1.82, 2.24) is 9.88 Å². The van der Waals surface area contributed by atoms with Crippen LogP contribution in [0.5, 0.6) is 5.75 Å². The van der Waals surface area contributed by atoms with E-state index in [2.05, 4.69) is 10.3 Å². The highest BCUT2D eigenvalue weighted by Crippen LogP contribution is 2.18. The van der Waals surface area contributed by atoms with E-state index < -0.39 is 11.7 Å². The van der Waals surface area contributed by atoms with Crippen molar-refractivity contribution in [3.8, 4) is 5.75 Å². The molecule has 2 aromatic carbocycles. The molecule has 0 atom stereocenters. The van der Waals surface area contributed by atoms with Crippen LogP contribution < -0.4 is 10.1 Å². The molecule has 1 aromatic heterocycles. The van der Waals surface area contributed by atoms with E-state index in [9.17, 15) is 18.4 Å². The number of anilines is 1. The lowest BCUT2D eigenvalue weighted by Crippen LogP contribution is -2.32. The Labute approximate surface area is 176 Å². The van der Waals surface area contributed by atoms with Crippen LogP contribution >= 0.6 is 11.3 Å². The predicted octanol–water partition coefficient (Wildman–Crippen LogP) is 3.75. The molecule has 156 valence electrons. The summed E-state index contributed by atoms with van der Waals surface area (Å²) in [6.07, 6.45) is 0.0547. The molecule has 0 radical (unpaired) electrons. The summed E-state index contributed by atoms with van der Waals surface area (Å²) in [5, 5.41) is 4.49. The molecule has 6 nitrogen and oxygen atoms in total. The molecule has 3 aromatic rings. The Hall–Kier alpha value is -3.33. The lowest BCUT2D eigenvalue weighted by Gasteiger charge is -2.17. The van der Waals surface area contributed by atoms with Crippen LogP contribution in [0.25, 0.3) is 0 Å². The maximum absolute atomic E-state index is 13.7. The number of nitrogens with zero attached hydrogens (tertiary/aromatic N) is 2. The van der Waals surface area contributed by atoms with Crippen LogP contribution in [-0.4, -0.2) is 41.9 Å². The number of hydrogen-bond acceptors (Lipinski definition) is 5. The van der Waals surface area contributed by atoms with Crippen molar-refractivity contribution in [3.05, 3.63) is 76.8 Å². The largest absolute Gasteiger partial charge is 0.492 e. The van der Waals surface area contributed by atoms with Crippen molar-refractivity contribution >= 4 is 28.3 Å². The second-order valence-corrected chi connectivity index (χ2v) is 7.23. The lowest BCUT2D eigenvalue weighted by molar-refractivity contribution is -0.129. The zero-order chi connectivity index (χ0) is 21.5. The molecule has 30 heavy (non-hydrogen) atoms. The molecule has 0 aliphatic heterocycles. The van der Waals surface area contributed by atoms with Gasteiger partial charge in [0.1, 0.15) is 24.0 Å². The van der Waals surface area contributed by atoms with E-state index in [-0.39, 0.29) is 35.4 Å². The number of amides is 2. The molecule has 0 bridgehead atoms. The van der Waals surface area contributed by atoms with Gasteiger partial charge >= 0.3 is 0 Å². The van der Waals surface area contributed by atoms with Crippen molar-refractivity contribution < 1.29 is 23.1 Å². The van der Waals surface area contributed by atoms with E-state index in [0.717, 1.165) is 11.3 Å². The lowest BCUT2D eigenvalue weighted by atomic mass is 10.2. The van der Waals surface area contributed by atoms with Crippen LogP contribution in [0.4, 0.5) is 13.9 Å². The number of hydrogen-bond donors (Lipinski definition) is 1. The fourth-order valence-electron chi connectivity index (χ4n) is 2.50. The number of ether oxygens (including phenoxy) is 1. The summed E-state index contributed by atoms with van der Waals surface area (Å²) in [6.45, 7) is 0.603. The van der Waals surface area contributed by atoms with Crippen LogP contribution in [0.3, 0.4) is 0 Å². The molecule has 1 N–H and O–H groups in total. The molecule has 0 fully saturated rings. The van der Waals surface area contributed by atoms with E-state index in [1.807, 2.05) is 0 Å². The first-order valence-electron chi connectivity index (χ1n) is 9.05. The maximum Gasteiger partial charge on any atom is 0.260 e. The van der Waals surface area contributed by atoms with Crippen LogP contribution in [0, 0.1) is 11.6 Å². The number of halogens is 2. The molecule has 9 heteroatoms. The van der Waals surface area contributed by atoms with Gasteiger partial charge in [0.15, 0.2) is 5.13 Å². The SMILES string of the molecule is CN(CCOc1ccc(F)cc1)C(=O)Cc1csc(NC(=O)c2ccccc2F)n1. The minimum absolute atomic E-state index is 0.0547. The summed E-state index contributed by atoms with van der Waals surface area (Å²) in [7, 11) is 1.64. The fraction of sp³-hybridized carbons (Fsp3) is 0.190. The summed E-state index contributed by atoms with van der Waals surface area (Å²) >= 11 is 1.16. The zero-order valence-corrected chi connectivity index (χ0v) is 16.9. The van der Waals surface area contributed by atoms with Gasteiger partial charge in [-0.2, -0.15) is 0 Å². The van der Waals surface area contributed by atoms with Gasteiger partial charge in [0, 0.05) is 12.4 Å². The van der Waals surface area contributed by atoms with Crippen LogP contribution in [-0.2, 0) is 11.2 Å². The summed E-state index contributed by atoms with van der Waals surface area (Å²) < 4.78 is 32.0. The first-order chi connectivity index (χ1) is 14.4. The van der Waals surface area contributed by atoms with Gasteiger partial charge in [0.2, 0.25) is 5.91 Å². The second-order valence-electron chi connectivity index (χ2n) is 6.37. The quantitative estimate of drug-likeness (QED) is 0.590. The van der Waals surface area contributed by atoms with Crippen molar-refractivity contribution in [3.63, 3.8) is 0 Å². The molecular weight excluding hydrogens is 412 g/mol. The zero-order valence-electron chi connectivity index (χ0n) is 16.1. The molecule has 0 unspecified atom stereocenters. The Balaban J connectivity index is 1.47. The van der Waals surface area contributed by atoms with Crippen molar-refractivity contribution in [2.75, 3.05) is 25.5 Å². The Morgan fingerprint density at radius 1 is 1.13 bits per heavy atom. The monoisotopic (exact) mass is 431 g/mol. The summed E-state index contributed by atoms with van der Waals surface area (Å²) in [5.41, 5.74) is 0.423. The molecular formula is C21H19F2N3O3S. The third-order valence-electron chi connectivity index (χ3n) is 4.16. The van der Waals surface area contributed by atoms with E-state index >= 15 is 0 Å². The number of aromatic nitrogens is 1. The van der Waals surface area contributed by atoms with Gasteiger partial charge in [-0.25, -0.2) is 13.8 Å². The standard InChI is InChI=1S/C21H19F2N3O3S/c1-26(10-11-29-16-8-6-14(22)7-9-16)19(27)12-15-13-30-21(24-15)25-20(28)17-4-2-3-5-18(17)23/h2-9,13H,10-12H2,1H3,(H,24,25,28). The number of carbonyl (C=O) groups is 2. The average molecular weight is 431 g/mol. The van der Waals surface area contributed by atoms with E-state index in [1.54, 1.807) is 18.5 Å². The van der Waals surface area contributed by atoms with Gasteiger partial charge in [0.25, 0.3) is 5.91 Å². The van der Waals surface area contributed by atoms with Crippen molar-refractivity contribution in [2.45, 2.75) is 6.42 Å². The maximum atomic E-state index is 13.7. The summed E-state index contributed by atoms with van der Waals surface area (Å²) in [5.74, 6) is -1.22. The normalized spacial score (nSPS) is 10.5.